The Labute approximate surface area is 218 Å². The number of benzene rings is 1. The molecule has 2 aromatic rings. The maximum Gasteiger partial charge on any atom is 0.389 e. The van der Waals surface area contributed by atoms with Gasteiger partial charge in [-0.1, -0.05) is 29.8 Å². The molecule has 12 heteroatoms. The Hall–Kier alpha value is -3.60. The molecule has 37 heavy (non-hydrogen) atoms. The zero-order chi connectivity index (χ0) is 28.1. The number of nitrogens with zero attached hydrogens (tertiary/aromatic N) is 4. The standard InChI is InChI=1S/C25H31ClF3N7O/c1-14(2)24(4,16-8-9-18(26)20(37)11-16)21(22(30)33-5)15(3)34-12-17-13-36(32)23(31)19(35-17)7-6-10-25(27,28)29/h8-9,11-13,31,37H,1,6-7,10,32H2,2-5H3,(H2,30,33)/b21-15+,31-23?,34-12+. The van der Waals surface area contributed by atoms with Gasteiger partial charge in [-0.3, -0.25) is 15.4 Å². The number of aromatic nitrogens is 2. The summed E-state index contributed by atoms with van der Waals surface area (Å²) >= 11 is 6.01. The molecule has 1 atom stereocenters. The first kappa shape index (κ1) is 29.6. The van der Waals surface area contributed by atoms with Crippen molar-refractivity contribution in [3.8, 4) is 5.75 Å². The number of hydrogen-bond donors (Lipinski definition) is 4. The fourth-order valence-corrected chi connectivity index (χ4v) is 3.97. The number of aryl methyl sites for hydroxylation is 1. The summed E-state index contributed by atoms with van der Waals surface area (Å²) in [5, 5.41) is 18.4. The second-order valence-corrected chi connectivity index (χ2v) is 9.14. The molecule has 1 aromatic carbocycles. The Morgan fingerprint density at radius 1 is 1.32 bits per heavy atom. The van der Waals surface area contributed by atoms with Crippen LogP contribution >= 0.6 is 11.6 Å². The minimum atomic E-state index is -4.30. The number of phenols is 1. The van der Waals surface area contributed by atoms with E-state index in [4.69, 9.17) is 28.6 Å². The number of nitrogens with one attached hydrogen (secondary N) is 1. The highest BCUT2D eigenvalue weighted by Crippen LogP contribution is 2.42. The van der Waals surface area contributed by atoms with E-state index < -0.39 is 18.0 Å². The molecular formula is C25H31ClF3N7O. The normalized spacial score (nSPS) is 15.0. The van der Waals surface area contributed by atoms with Gasteiger partial charge in [-0.05, 0) is 51.3 Å². The minimum absolute atomic E-state index is 0.0689. The van der Waals surface area contributed by atoms with E-state index in [1.807, 2.05) is 13.8 Å². The Balaban J connectivity index is 2.59. The molecule has 8 nitrogen and oxygen atoms in total. The first-order valence-corrected chi connectivity index (χ1v) is 11.6. The van der Waals surface area contributed by atoms with Crippen LogP contribution in [0.1, 0.15) is 50.6 Å². The lowest BCUT2D eigenvalue weighted by molar-refractivity contribution is -0.135. The molecule has 6 N–H and O–H groups in total. The molecule has 0 amide bonds. The lowest BCUT2D eigenvalue weighted by Crippen LogP contribution is -2.35. The summed E-state index contributed by atoms with van der Waals surface area (Å²) in [5.74, 6) is 5.91. The number of halogens is 4. The fraction of sp³-hybridized carbons (Fsp3) is 0.360. The van der Waals surface area contributed by atoms with E-state index in [0.29, 0.717) is 22.4 Å². The second-order valence-electron chi connectivity index (χ2n) is 8.74. The molecule has 0 radical (unpaired) electrons. The van der Waals surface area contributed by atoms with Crippen LogP contribution in [-0.2, 0) is 11.8 Å². The zero-order valence-electron chi connectivity index (χ0n) is 21.1. The maximum atomic E-state index is 12.5. The first-order chi connectivity index (χ1) is 17.1. The Kier molecular flexibility index (Phi) is 9.32. The van der Waals surface area contributed by atoms with E-state index in [-0.39, 0.29) is 46.3 Å². The average Bonchev–Trinajstić information content (AvgIpc) is 2.81. The number of rotatable bonds is 9. The lowest BCUT2D eigenvalue weighted by atomic mass is 9.70. The van der Waals surface area contributed by atoms with E-state index in [1.54, 1.807) is 19.1 Å². The van der Waals surface area contributed by atoms with Crippen molar-refractivity contribution in [2.75, 3.05) is 12.9 Å². The van der Waals surface area contributed by atoms with Gasteiger partial charge in [0.05, 0.1) is 28.8 Å². The number of nitrogens with two attached hydrogens (primary N) is 2. The SMILES string of the molecule is C=C(C)C(C)(C(=C(C)/N=C/c1cn(N)c(=N)c(CCCC(F)(F)F)n1)/C(N)=N\C)c1ccc(Cl)c(O)c1. The molecule has 0 fully saturated rings. The van der Waals surface area contributed by atoms with E-state index >= 15 is 0 Å². The summed E-state index contributed by atoms with van der Waals surface area (Å²) in [6.07, 6.45) is -2.85. The third kappa shape index (κ3) is 7.00. The van der Waals surface area contributed by atoms with Crippen molar-refractivity contribution in [3.05, 3.63) is 75.3 Å². The van der Waals surface area contributed by atoms with Crippen LogP contribution < -0.4 is 17.1 Å². The topological polar surface area (TPSA) is 139 Å². The highest BCUT2D eigenvalue weighted by Gasteiger charge is 2.36. The van der Waals surface area contributed by atoms with Gasteiger partial charge in [0.1, 0.15) is 11.6 Å². The smallest absolute Gasteiger partial charge is 0.389 e. The van der Waals surface area contributed by atoms with Crippen LogP contribution in [0.2, 0.25) is 5.02 Å². The van der Waals surface area contributed by atoms with Gasteiger partial charge in [-0.2, -0.15) is 13.2 Å². The number of amidine groups is 1. The highest BCUT2D eigenvalue weighted by atomic mass is 35.5. The van der Waals surface area contributed by atoms with Crippen molar-refractivity contribution in [1.82, 2.24) is 9.66 Å². The van der Waals surface area contributed by atoms with Crippen LogP contribution in [0, 0.1) is 5.41 Å². The van der Waals surface area contributed by atoms with Crippen LogP contribution in [0.3, 0.4) is 0 Å². The molecule has 0 aliphatic heterocycles. The average molecular weight is 538 g/mol. The number of hydrogen-bond acceptors (Lipinski definition) is 6. The molecule has 1 unspecified atom stereocenters. The summed E-state index contributed by atoms with van der Waals surface area (Å²) in [7, 11) is 1.53. The Morgan fingerprint density at radius 2 is 1.97 bits per heavy atom. The molecule has 0 bridgehead atoms. The van der Waals surface area contributed by atoms with Gasteiger partial charge in [-0.25, -0.2) is 9.66 Å². The van der Waals surface area contributed by atoms with Gasteiger partial charge in [0.2, 0.25) is 0 Å². The second kappa shape index (κ2) is 11.6. The molecular weight excluding hydrogens is 507 g/mol. The van der Waals surface area contributed by atoms with Crippen molar-refractivity contribution in [2.24, 2.45) is 15.7 Å². The van der Waals surface area contributed by atoms with Crippen LogP contribution in [0.4, 0.5) is 13.2 Å². The van der Waals surface area contributed by atoms with Gasteiger partial charge < -0.3 is 16.7 Å². The summed E-state index contributed by atoms with van der Waals surface area (Å²) in [6, 6.07) is 4.83. The van der Waals surface area contributed by atoms with Crippen molar-refractivity contribution in [2.45, 2.75) is 51.6 Å². The van der Waals surface area contributed by atoms with E-state index in [9.17, 15) is 18.3 Å². The summed E-state index contributed by atoms with van der Waals surface area (Å²) in [4.78, 5) is 12.9. The highest BCUT2D eigenvalue weighted by molar-refractivity contribution is 6.32. The summed E-state index contributed by atoms with van der Waals surface area (Å²) in [6.45, 7) is 9.51. The summed E-state index contributed by atoms with van der Waals surface area (Å²) in [5.41, 5.74) is 7.86. The first-order valence-electron chi connectivity index (χ1n) is 11.2. The van der Waals surface area contributed by atoms with Gasteiger partial charge in [0.25, 0.3) is 0 Å². The van der Waals surface area contributed by atoms with Crippen molar-refractivity contribution in [1.29, 1.82) is 5.41 Å². The fourth-order valence-electron chi connectivity index (χ4n) is 3.86. The van der Waals surface area contributed by atoms with Crippen molar-refractivity contribution >= 4 is 23.7 Å². The maximum absolute atomic E-state index is 12.5. The summed E-state index contributed by atoms with van der Waals surface area (Å²) < 4.78 is 38.6. The van der Waals surface area contributed by atoms with Crippen LogP contribution in [0.5, 0.6) is 5.75 Å². The molecule has 2 rings (SSSR count). The van der Waals surface area contributed by atoms with Gasteiger partial charge >= 0.3 is 6.18 Å². The molecule has 0 aliphatic carbocycles. The quantitative estimate of drug-likeness (QED) is 0.161. The third-order valence-corrected chi connectivity index (χ3v) is 6.39. The minimum Gasteiger partial charge on any atom is -0.506 e. The number of allylic oxidation sites excluding steroid dienone is 2. The molecule has 0 aliphatic rings. The number of phenolic OH excluding ortho intramolecular Hbond substituents is 1. The van der Waals surface area contributed by atoms with Crippen molar-refractivity contribution in [3.63, 3.8) is 0 Å². The molecule has 1 heterocycles. The monoisotopic (exact) mass is 537 g/mol. The van der Waals surface area contributed by atoms with Crippen LogP contribution in [0.15, 0.2) is 57.8 Å². The predicted octanol–water partition coefficient (Wildman–Crippen LogP) is 4.53. The Morgan fingerprint density at radius 3 is 2.51 bits per heavy atom. The largest absolute Gasteiger partial charge is 0.506 e. The van der Waals surface area contributed by atoms with E-state index in [1.165, 1.54) is 25.5 Å². The van der Waals surface area contributed by atoms with E-state index in [0.717, 1.165) is 4.68 Å². The van der Waals surface area contributed by atoms with E-state index in [2.05, 4.69) is 21.5 Å². The predicted molar refractivity (Wildman–Crippen MR) is 140 cm³/mol. The molecule has 1 aromatic heterocycles. The number of aliphatic imine (C=N–C) groups is 2. The lowest BCUT2D eigenvalue weighted by Gasteiger charge is -2.34. The Bertz CT molecular complexity index is 1330. The molecule has 200 valence electrons. The van der Waals surface area contributed by atoms with Gasteiger partial charge in [0.15, 0.2) is 5.49 Å². The van der Waals surface area contributed by atoms with Gasteiger partial charge in [0, 0.05) is 30.2 Å². The van der Waals surface area contributed by atoms with Crippen LogP contribution in [0.25, 0.3) is 0 Å². The number of aromatic hydroxyl groups is 1. The number of alkyl halides is 3. The zero-order valence-corrected chi connectivity index (χ0v) is 21.9. The van der Waals surface area contributed by atoms with Crippen molar-refractivity contribution < 1.29 is 18.3 Å². The number of nitrogen functional groups attached to an aromatic ring is 1. The van der Waals surface area contributed by atoms with Crippen LogP contribution in [-0.4, -0.2) is 40.0 Å². The molecule has 0 spiro atoms. The molecule has 0 saturated carbocycles. The third-order valence-electron chi connectivity index (χ3n) is 6.07. The molecule has 0 saturated heterocycles. The van der Waals surface area contributed by atoms with Gasteiger partial charge in [-0.15, -0.1) is 0 Å².